The summed E-state index contributed by atoms with van der Waals surface area (Å²) in [5.74, 6) is 0.766. The quantitative estimate of drug-likeness (QED) is 0.850. The highest BCUT2D eigenvalue weighted by molar-refractivity contribution is 9.10. The molecule has 0 spiro atoms. The number of methoxy groups -OCH3 is 1. The van der Waals surface area contributed by atoms with E-state index in [1.807, 2.05) is 19.1 Å². The molecular weight excluding hydrogens is 258 g/mol. The van der Waals surface area contributed by atoms with Crippen molar-refractivity contribution in [1.82, 2.24) is 4.98 Å². The maximum atomic E-state index is 10.8. The topological polar surface area (TPSA) is 42.1 Å². The number of ether oxygens (including phenoxy) is 1. The number of aromatic amines is 1. The number of H-pyrrole nitrogens is 1. The van der Waals surface area contributed by atoms with Gasteiger partial charge < -0.3 is 9.72 Å². The second kappa shape index (κ2) is 3.70. The number of halogens is 1. The zero-order chi connectivity index (χ0) is 11.0. The van der Waals surface area contributed by atoms with Gasteiger partial charge in [0.2, 0.25) is 0 Å². The van der Waals surface area contributed by atoms with Crippen molar-refractivity contribution >= 4 is 33.1 Å². The molecule has 78 valence electrons. The van der Waals surface area contributed by atoms with E-state index in [0.29, 0.717) is 5.69 Å². The molecule has 1 heterocycles. The molecule has 0 bridgehead atoms. The Balaban J connectivity index is 2.79. The monoisotopic (exact) mass is 267 g/mol. The smallest absolute Gasteiger partial charge is 0.166 e. The van der Waals surface area contributed by atoms with Gasteiger partial charge in [0.1, 0.15) is 5.75 Å². The van der Waals surface area contributed by atoms with Crippen LogP contribution in [0.15, 0.2) is 16.6 Å². The molecule has 2 rings (SSSR count). The highest BCUT2D eigenvalue weighted by Gasteiger charge is 2.10. The number of carbonyl (C=O) groups excluding carboxylic acids is 1. The zero-order valence-electron chi connectivity index (χ0n) is 8.43. The van der Waals surface area contributed by atoms with Crippen LogP contribution in [-0.4, -0.2) is 18.4 Å². The second-order valence-corrected chi connectivity index (χ2v) is 4.17. The van der Waals surface area contributed by atoms with Crippen LogP contribution in [0.3, 0.4) is 0 Å². The standard InChI is InChI=1S/C11H10BrNO2/c1-6-7-3-11(15-2)8(12)4-9(7)13-10(6)5-14/h3-5,13H,1-2H3. The number of benzene rings is 1. The van der Waals surface area contributed by atoms with Gasteiger partial charge in [-0.3, -0.25) is 4.79 Å². The van der Waals surface area contributed by atoms with E-state index in [4.69, 9.17) is 4.74 Å². The number of nitrogens with one attached hydrogen (secondary N) is 1. The molecule has 4 heteroatoms. The van der Waals surface area contributed by atoms with Gasteiger partial charge in [0.15, 0.2) is 6.29 Å². The summed E-state index contributed by atoms with van der Waals surface area (Å²) < 4.78 is 6.07. The Morgan fingerprint density at radius 3 is 2.80 bits per heavy atom. The number of carbonyl (C=O) groups is 1. The van der Waals surface area contributed by atoms with Crippen LogP contribution in [-0.2, 0) is 0 Å². The number of aryl methyl sites for hydroxylation is 1. The zero-order valence-corrected chi connectivity index (χ0v) is 10.0. The molecule has 15 heavy (non-hydrogen) atoms. The number of hydrogen-bond donors (Lipinski definition) is 1. The number of hydrogen-bond acceptors (Lipinski definition) is 2. The Morgan fingerprint density at radius 1 is 1.47 bits per heavy atom. The van der Waals surface area contributed by atoms with Gasteiger partial charge in [-0.25, -0.2) is 0 Å². The Labute approximate surface area is 95.6 Å². The van der Waals surface area contributed by atoms with Crippen molar-refractivity contribution in [2.75, 3.05) is 7.11 Å². The molecule has 0 aliphatic carbocycles. The van der Waals surface area contributed by atoms with E-state index in [1.54, 1.807) is 7.11 Å². The molecule has 3 nitrogen and oxygen atoms in total. The lowest BCUT2D eigenvalue weighted by Crippen LogP contribution is -1.84. The molecule has 0 saturated carbocycles. The summed E-state index contributed by atoms with van der Waals surface area (Å²) in [6.45, 7) is 1.91. The molecular formula is C11H10BrNO2. The molecule has 0 radical (unpaired) electrons. The lowest BCUT2D eigenvalue weighted by Gasteiger charge is -2.02. The van der Waals surface area contributed by atoms with Gasteiger partial charge in [-0.15, -0.1) is 0 Å². The summed E-state index contributed by atoms with van der Waals surface area (Å²) in [6.07, 6.45) is 0.829. The third-order valence-corrected chi connectivity index (χ3v) is 3.11. The Kier molecular flexibility index (Phi) is 2.52. The minimum atomic E-state index is 0.616. The maximum Gasteiger partial charge on any atom is 0.166 e. The average Bonchev–Trinajstić information content (AvgIpc) is 2.54. The van der Waals surface area contributed by atoms with Crippen LogP contribution >= 0.6 is 15.9 Å². The van der Waals surface area contributed by atoms with Crippen LogP contribution in [0.25, 0.3) is 10.9 Å². The van der Waals surface area contributed by atoms with Crippen LogP contribution < -0.4 is 4.74 Å². The molecule has 1 aromatic heterocycles. The van der Waals surface area contributed by atoms with E-state index in [9.17, 15) is 4.79 Å². The highest BCUT2D eigenvalue weighted by atomic mass is 79.9. The van der Waals surface area contributed by atoms with Gasteiger partial charge in [0, 0.05) is 10.9 Å². The van der Waals surface area contributed by atoms with Crippen molar-refractivity contribution < 1.29 is 9.53 Å². The fourth-order valence-electron chi connectivity index (χ4n) is 1.63. The molecule has 1 N–H and O–H groups in total. The molecule has 0 atom stereocenters. The highest BCUT2D eigenvalue weighted by Crippen LogP contribution is 2.32. The Morgan fingerprint density at radius 2 is 2.20 bits per heavy atom. The van der Waals surface area contributed by atoms with Crippen LogP contribution in [0.1, 0.15) is 16.1 Å². The van der Waals surface area contributed by atoms with Crippen LogP contribution in [0, 0.1) is 6.92 Å². The fourth-order valence-corrected chi connectivity index (χ4v) is 2.13. The summed E-state index contributed by atoms with van der Waals surface area (Å²) >= 11 is 3.40. The SMILES string of the molecule is COc1cc2c(C)c(C=O)[nH]c2cc1Br. The maximum absolute atomic E-state index is 10.8. The van der Waals surface area contributed by atoms with Crippen molar-refractivity contribution in [2.45, 2.75) is 6.92 Å². The van der Waals surface area contributed by atoms with Crippen molar-refractivity contribution in [1.29, 1.82) is 0 Å². The van der Waals surface area contributed by atoms with Gasteiger partial charge in [0.25, 0.3) is 0 Å². The lowest BCUT2D eigenvalue weighted by molar-refractivity contribution is 0.111. The molecule has 0 amide bonds. The van der Waals surface area contributed by atoms with Crippen molar-refractivity contribution in [2.24, 2.45) is 0 Å². The predicted molar refractivity (Wildman–Crippen MR) is 62.7 cm³/mol. The number of fused-ring (bicyclic) bond motifs is 1. The van der Waals surface area contributed by atoms with Crippen LogP contribution in [0.2, 0.25) is 0 Å². The van der Waals surface area contributed by atoms with E-state index in [1.165, 1.54) is 0 Å². The second-order valence-electron chi connectivity index (χ2n) is 3.31. The molecule has 0 aliphatic heterocycles. The van der Waals surface area contributed by atoms with E-state index in [-0.39, 0.29) is 0 Å². The molecule has 0 aliphatic rings. The van der Waals surface area contributed by atoms with Crippen LogP contribution in [0.4, 0.5) is 0 Å². The number of aldehydes is 1. The van der Waals surface area contributed by atoms with E-state index in [2.05, 4.69) is 20.9 Å². The molecule has 0 fully saturated rings. The van der Waals surface area contributed by atoms with Gasteiger partial charge in [-0.2, -0.15) is 0 Å². The first kappa shape index (κ1) is 10.2. The van der Waals surface area contributed by atoms with Gasteiger partial charge in [-0.05, 0) is 40.5 Å². The van der Waals surface area contributed by atoms with E-state index in [0.717, 1.165) is 33.0 Å². The Hall–Kier alpha value is -1.29. The lowest BCUT2D eigenvalue weighted by atomic mass is 10.1. The summed E-state index contributed by atoms with van der Waals surface area (Å²) in [6, 6.07) is 3.83. The predicted octanol–water partition coefficient (Wildman–Crippen LogP) is 3.06. The van der Waals surface area contributed by atoms with Gasteiger partial charge in [0.05, 0.1) is 17.3 Å². The van der Waals surface area contributed by atoms with E-state index < -0.39 is 0 Å². The summed E-state index contributed by atoms with van der Waals surface area (Å²) in [5, 5.41) is 1.01. The van der Waals surface area contributed by atoms with E-state index >= 15 is 0 Å². The molecule has 1 aromatic carbocycles. The average molecular weight is 268 g/mol. The summed E-state index contributed by atoms with van der Waals surface area (Å²) in [7, 11) is 1.62. The minimum Gasteiger partial charge on any atom is -0.496 e. The first-order valence-electron chi connectivity index (χ1n) is 4.48. The normalized spacial score (nSPS) is 10.6. The molecule has 0 saturated heterocycles. The molecule has 0 unspecified atom stereocenters. The van der Waals surface area contributed by atoms with Crippen molar-refractivity contribution in [3.63, 3.8) is 0 Å². The largest absolute Gasteiger partial charge is 0.496 e. The summed E-state index contributed by atoms with van der Waals surface area (Å²) in [5.41, 5.74) is 2.50. The Bertz CT molecular complexity index is 531. The first-order valence-corrected chi connectivity index (χ1v) is 5.27. The first-order chi connectivity index (χ1) is 7.17. The third-order valence-electron chi connectivity index (χ3n) is 2.49. The number of rotatable bonds is 2. The fraction of sp³-hybridized carbons (Fsp3) is 0.182. The minimum absolute atomic E-state index is 0.616. The van der Waals surface area contributed by atoms with Gasteiger partial charge in [-0.1, -0.05) is 0 Å². The molecule has 2 aromatic rings. The van der Waals surface area contributed by atoms with Crippen LogP contribution in [0.5, 0.6) is 5.75 Å². The van der Waals surface area contributed by atoms with Crippen molar-refractivity contribution in [3.05, 3.63) is 27.9 Å². The van der Waals surface area contributed by atoms with Gasteiger partial charge >= 0.3 is 0 Å². The third kappa shape index (κ3) is 1.55. The summed E-state index contributed by atoms with van der Waals surface area (Å²) in [4.78, 5) is 13.8. The van der Waals surface area contributed by atoms with Crippen molar-refractivity contribution in [3.8, 4) is 5.75 Å². The number of aromatic nitrogens is 1.